The summed E-state index contributed by atoms with van der Waals surface area (Å²) in [4.78, 5) is 4.63. The third-order valence-electron chi connectivity index (χ3n) is 3.52. The van der Waals surface area contributed by atoms with Crippen LogP contribution in [-0.4, -0.2) is 59.9 Å². The maximum atomic E-state index is 5.64. The molecule has 0 spiro atoms. The third-order valence-corrected chi connectivity index (χ3v) is 7.10. The molecule has 0 saturated carbocycles. The van der Waals surface area contributed by atoms with Gasteiger partial charge in [-0.2, -0.15) is 0 Å². The highest BCUT2D eigenvalue weighted by atomic mass is 32.2. The predicted molar refractivity (Wildman–Crippen MR) is 85.2 cm³/mol. The van der Waals surface area contributed by atoms with Crippen LogP contribution in [0.2, 0.25) is 0 Å². The fraction of sp³-hybridized carbons (Fsp3) is 0.727. The molecule has 18 heavy (non-hydrogen) atoms. The molecule has 0 aromatic rings. The van der Waals surface area contributed by atoms with E-state index in [-0.39, 0.29) is 10.9 Å². The van der Waals surface area contributed by atoms with E-state index in [1.165, 1.54) is 18.0 Å². The van der Waals surface area contributed by atoms with Crippen LogP contribution in [0, 0.1) is 0 Å². The van der Waals surface area contributed by atoms with Gasteiger partial charge in [0.25, 0.3) is 0 Å². The summed E-state index contributed by atoms with van der Waals surface area (Å²) in [5.41, 5.74) is 0. The van der Waals surface area contributed by atoms with Crippen molar-refractivity contribution in [3.8, 4) is 0 Å². The second kappa shape index (κ2) is 4.61. The lowest BCUT2D eigenvalue weighted by molar-refractivity contribution is 0.508. The quantitative estimate of drug-likeness (QED) is 0.717. The van der Waals surface area contributed by atoms with Crippen molar-refractivity contribution < 1.29 is 0 Å². The van der Waals surface area contributed by atoms with Gasteiger partial charge in [0.1, 0.15) is 0 Å². The SMILES string of the molecule is CCN1C(=S)N2CCCCN3C(=S)N(CC)S1=C23. The van der Waals surface area contributed by atoms with Crippen LogP contribution in [0.15, 0.2) is 0 Å². The molecule has 3 aliphatic heterocycles. The fourth-order valence-corrected chi connectivity index (χ4v) is 6.19. The zero-order chi connectivity index (χ0) is 12.9. The van der Waals surface area contributed by atoms with Crippen LogP contribution in [0.5, 0.6) is 0 Å². The summed E-state index contributed by atoms with van der Waals surface area (Å²) in [7, 11) is -0.0708. The van der Waals surface area contributed by atoms with Gasteiger partial charge in [0.2, 0.25) is 0 Å². The molecular formula is C11H18N4S3. The van der Waals surface area contributed by atoms with E-state index in [4.69, 9.17) is 24.4 Å². The molecule has 4 nitrogen and oxygen atoms in total. The summed E-state index contributed by atoms with van der Waals surface area (Å²) in [6.45, 7) is 8.34. The van der Waals surface area contributed by atoms with Crippen LogP contribution in [0.25, 0.3) is 0 Å². The Morgan fingerprint density at radius 2 is 1.39 bits per heavy atom. The second-order valence-corrected chi connectivity index (χ2v) is 7.02. The average Bonchev–Trinajstić information content (AvgIpc) is 2.69. The molecule has 0 atom stereocenters. The first kappa shape index (κ1) is 12.6. The van der Waals surface area contributed by atoms with Crippen LogP contribution in [0.4, 0.5) is 0 Å². The Hall–Kier alpha value is -0.400. The molecule has 0 N–H and O–H groups in total. The van der Waals surface area contributed by atoms with Gasteiger partial charge in [0, 0.05) is 26.2 Å². The van der Waals surface area contributed by atoms with Gasteiger partial charge in [0.15, 0.2) is 15.3 Å². The minimum Gasteiger partial charge on any atom is -0.296 e. The van der Waals surface area contributed by atoms with Crippen molar-refractivity contribution in [1.29, 1.82) is 0 Å². The largest absolute Gasteiger partial charge is 0.296 e. The third kappa shape index (κ3) is 1.53. The minimum absolute atomic E-state index is 0.0708. The first-order valence-electron chi connectivity index (χ1n) is 6.50. The van der Waals surface area contributed by atoms with E-state index in [2.05, 4.69) is 32.3 Å². The average molecular weight is 302 g/mol. The first-order chi connectivity index (χ1) is 8.70. The van der Waals surface area contributed by atoms with Gasteiger partial charge in [-0.25, -0.2) is 0 Å². The number of hydrogen-bond acceptors (Lipinski definition) is 2. The Morgan fingerprint density at radius 1 is 0.944 bits per heavy atom. The molecule has 3 rings (SSSR count). The van der Waals surface area contributed by atoms with E-state index in [1.807, 2.05) is 0 Å². The minimum atomic E-state index is -0.0708. The van der Waals surface area contributed by atoms with Crippen LogP contribution in [0.1, 0.15) is 26.7 Å². The number of rotatable bonds is 2. The van der Waals surface area contributed by atoms with E-state index < -0.39 is 0 Å². The number of nitrogens with zero attached hydrogens (tertiary/aromatic N) is 4. The molecule has 0 aliphatic carbocycles. The van der Waals surface area contributed by atoms with Crippen LogP contribution >= 0.6 is 35.3 Å². The molecule has 3 heterocycles. The predicted octanol–water partition coefficient (Wildman–Crippen LogP) is 1.81. The van der Waals surface area contributed by atoms with E-state index in [9.17, 15) is 0 Å². The van der Waals surface area contributed by atoms with Crippen LogP contribution in [0.3, 0.4) is 0 Å². The Labute approximate surface area is 122 Å². The Balaban J connectivity index is 2.10. The van der Waals surface area contributed by atoms with E-state index in [0.29, 0.717) is 0 Å². The van der Waals surface area contributed by atoms with Gasteiger partial charge in [0.05, 0.1) is 10.9 Å². The molecule has 1 fully saturated rings. The van der Waals surface area contributed by atoms with Gasteiger partial charge in [-0.15, -0.1) is 0 Å². The maximum Gasteiger partial charge on any atom is 0.188 e. The summed E-state index contributed by atoms with van der Waals surface area (Å²) in [6.07, 6.45) is 2.40. The zero-order valence-electron chi connectivity index (χ0n) is 10.8. The molecule has 0 aromatic heterocycles. The number of thiocarbonyl (C=S) groups is 2. The van der Waals surface area contributed by atoms with E-state index >= 15 is 0 Å². The van der Waals surface area contributed by atoms with Crippen molar-refractivity contribution in [2.24, 2.45) is 0 Å². The van der Waals surface area contributed by atoms with Crippen molar-refractivity contribution in [3.63, 3.8) is 0 Å². The highest BCUT2D eigenvalue weighted by Crippen LogP contribution is 2.42. The van der Waals surface area contributed by atoms with Crippen molar-refractivity contribution in [2.45, 2.75) is 26.7 Å². The van der Waals surface area contributed by atoms with Crippen molar-refractivity contribution in [1.82, 2.24) is 18.4 Å². The standard InChI is InChI=1S/C11H18N4S3/c1-3-14-9(16)12-7-5-6-8-13-10(17)15(4-2)18(14)11(12)13/h3-8H2,1-2H3. The van der Waals surface area contributed by atoms with Gasteiger partial charge >= 0.3 is 0 Å². The van der Waals surface area contributed by atoms with E-state index in [0.717, 1.165) is 36.4 Å². The summed E-state index contributed by atoms with van der Waals surface area (Å²) in [5.74, 6) is 0. The van der Waals surface area contributed by atoms with Crippen LogP contribution in [-0.2, 0) is 0 Å². The number of hydrogen-bond donors (Lipinski definition) is 0. The topological polar surface area (TPSA) is 13.0 Å². The maximum absolute atomic E-state index is 5.64. The normalized spacial score (nSPS) is 24.2. The molecule has 1 saturated heterocycles. The lowest BCUT2D eigenvalue weighted by atomic mass is 10.3. The summed E-state index contributed by atoms with van der Waals surface area (Å²) in [5, 5.41) is 3.32. The van der Waals surface area contributed by atoms with E-state index in [1.54, 1.807) is 0 Å². The monoisotopic (exact) mass is 302 g/mol. The van der Waals surface area contributed by atoms with Gasteiger partial charge in [-0.1, -0.05) is 0 Å². The Morgan fingerprint density at radius 3 is 1.78 bits per heavy atom. The summed E-state index contributed by atoms with van der Waals surface area (Å²) in [6, 6.07) is 0. The lowest BCUT2D eigenvalue weighted by Gasteiger charge is -2.31. The van der Waals surface area contributed by atoms with Gasteiger partial charge in [-0.3, -0.25) is 18.4 Å². The molecule has 0 aromatic carbocycles. The first-order valence-corrected chi connectivity index (χ1v) is 8.45. The van der Waals surface area contributed by atoms with Gasteiger partial charge in [-0.05, 0) is 51.1 Å². The van der Waals surface area contributed by atoms with Crippen molar-refractivity contribution in [2.75, 3.05) is 26.2 Å². The molecule has 0 radical (unpaired) electrons. The fourth-order valence-electron chi connectivity index (χ4n) is 2.68. The highest BCUT2D eigenvalue weighted by Gasteiger charge is 2.46. The second-order valence-electron chi connectivity index (χ2n) is 4.51. The molecule has 7 heteroatoms. The zero-order valence-corrected chi connectivity index (χ0v) is 13.2. The van der Waals surface area contributed by atoms with Gasteiger partial charge < -0.3 is 0 Å². The van der Waals surface area contributed by atoms with Crippen molar-refractivity contribution >= 4 is 50.6 Å². The molecular weight excluding hydrogens is 284 g/mol. The molecule has 3 aliphatic rings. The Kier molecular flexibility index (Phi) is 3.23. The van der Waals surface area contributed by atoms with Crippen molar-refractivity contribution in [3.05, 3.63) is 0 Å². The smallest absolute Gasteiger partial charge is 0.188 e. The Bertz CT molecular complexity index is 410. The molecule has 100 valence electrons. The molecule has 0 bridgehead atoms. The molecule has 0 unspecified atom stereocenters. The summed E-state index contributed by atoms with van der Waals surface area (Å²) < 4.78 is 4.65. The lowest BCUT2D eigenvalue weighted by Crippen LogP contribution is -2.47. The molecule has 0 amide bonds. The highest BCUT2D eigenvalue weighted by molar-refractivity contribution is 8.14. The summed E-state index contributed by atoms with van der Waals surface area (Å²) >= 11 is 11.3. The van der Waals surface area contributed by atoms with Crippen LogP contribution < -0.4 is 0 Å².